The molecule has 0 saturated heterocycles. The Morgan fingerprint density at radius 1 is 1.15 bits per heavy atom. The molecule has 0 radical (unpaired) electrons. The van der Waals surface area contributed by atoms with E-state index in [0.29, 0.717) is 0 Å². The van der Waals surface area contributed by atoms with Crippen molar-refractivity contribution in [3.8, 4) is 5.75 Å². The van der Waals surface area contributed by atoms with Gasteiger partial charge < -0.3 is 10.1 Å². The van der Waals surface area contributed by atoms with Crippen molar-refractivity contribution in [3.05, 3.63) is 58.6 Å². The number of ether oxygens (including phenoxy) is 1. The van der Waals surface area contributed by atoms with Gasteiger partial charge >= 0.3 is 0 Å². The standard InChI is InChI=1S/C17H20ClNO/c1-12-6-4-7-15(10-12)20-13(2)11-19-17-9-5-8-16(18)14(17)3/h4-10,13,19H,11H2,1-3H3/t13-/m0/s1. The summed E-state index contributed by atoms with van der Waals surface area (Å²) in [5.74, 6) is 0.905. The maximum atomic E-state index is 6.11. The van der Waals surface area contributed by atoms with E-state index in [1.807, 2.05) is 43.3 Å². The van der Waals surface area contributed by atoms with E-state index >= 15 is 0 Å². The van der Waals surface area contributed by atoms with Crippen molar-refractivity contribution in [2.24, 2.45) is 0 Å². The molecule has 0 saturated carbocycles. The Morgan fingerprint density at radius 3 is 2.65 bits per heavy atom. The number of rotatable bonds is 5. The molecule has 20 heavy (non-hydrogen) atoms. The normalized spacial score (nSPS) is 12.0. The molecule has 2 nitrogen and oxygen atoms in total. The van der Waals surface area contributed by atoms with Crippen LogP contribution in [0.15, 0.2) is 42.5 Å². The lowest BCUT2D eigenvalue weighted by Crippen LogP contribution is -2.23. The molecule has 3 heteroatoms. The van der Waals surface area contributed by atoms with Crippen molar-refractivity contribution < 1.29 is 4.74 Å². The van der Waals surface area contributed by atoms with Gasteiger partial charge in [-0.1, -0.05) is 29.8 Å². The van der Waals surface area contributed by atoms with E-state index in [-0.39, 0.29) is 6.10 Å². The van der Waals surface area contributed by atoms with Gasteiger partial charge in [0, 0.05) is 10.7 Å². The fourth-order valence-corrected chi connectivity index (χ4v) is 2.19. The first-order chi connectivity index (χ1) is 9.56. The van der Waals surface area contributed by atoms with E-state index in [1.165, 1.54) is 5.56 Å². The predicted octanol–water partition coefficient (Wildman–Crippen LogP) is 4.84. The molecule has 0 aliphatic heterocycles. The van der Waals surface area contributed by atoms with Crippen molar-refractivity contribution in [2.75, 3.05) is 11.9 Å². The highest BCUT2D eigenvalue weighted by Gasteiger charge is 2.06. The first-order valence-electron chi connectivity index (χ1n) is 6.78. The van der Waals surface area contributed by atoms with Gasteiger partial charge in [-0.3, -0.25) is 0 Å². The van der Waals surface area contributed by atoms with Crippen molar-refractivity contribution in [3.63, 3.8) is 0 Å². The average Bonchev–Trinajstić information content (AvgIpc) is 2.40. The Labute approximate surface area is 125 Å². The summed E-state index contributed by atoms with van der Waals surface area (Å²) in [7, 11) is 0. The lowest BCUT2D eigenvalue weighted by atomic mass is 10.2. The van der Waals surface area contributed by atoms with Crippen molar-refractivity contribution in [1.29, 1.82) is 0 Å². The van der Waals surface area contributed by atoms with Gasteiger partial charge in [-0.25, -0.2) is 0 Å². The van der Waals surface area contributed by atoms with Crippen LogP contribution in [-0.4, -0.2) is 12.6 Å². The summed E-state index contributed by atoms with van der Waals surface area (Å²) in [6.45, 7) is 6.85. The van der Waals surface area contributed by atoms with Crippen LogP contribution in [0.5, 0.6) is 5.75 Å². The third kappa shape index (κ3) is 3.91. The summed E-state index contributed by atoms with van der Waals surface area (Å²) in [5.41, 5.74) is 3.32. The van der Waals surface area contributed by atoms with Crippen LogP contribution in [0.4, 0.5) is 5.69 Å². The molecule has 2 rings (SSSR count). The summed E-state index contributed by atoms with van der Waals surface area (Å²) < 4.78 is 5.89. The molecule has 1 atom stereocenters. The minimum atomic E-state index is 0.0789. The molecule has 2 aromatic carbocycles. The molecule has 106 valence electrons. The highest BCUT2D eigenvalue weighted by Crippen LogP contribution is 2.23. The van der Waals surface area contributed by atoms with Crippen LogP contribution >= 0.6 is 11.6 Å². The van der Waals surface area contributed by atoms with Gasteiger partial charge in [0.1, 0.15) is 11.9 Å². The molecule has 0 amide bonds. The van der Waals surface area contributed by atoms with Crippen LogP contribution in [0, 0.1) is 13.8 Å². The maximum Gasteiger partial charge on any atom is 0.120 e. The highest BCUT2D eigenvalue weighted by atomic mass is 35.5. The number of anilines is 1. The fraction of sp³-hybridized carbons (Fsp3) is 0.294. The number of halogens is 1. The van der Waals surface area contributed by atoms with E-state index in [4.69, 9.17) is 16.3 Å². The molecule has 0 spiro atoms. The molecular weight excluding hydrogens is 270 g/mol. The predicted molar refractivity (Wildman–Crippen MR) is 85.9 cm³/mol. The summed E-state index contributed by atoms with van der Waals surface area (Å²) in [6, 6.07) is 14.0. The van der Waals surface area contributed by atoms with Crippen LogP contribution in [0.3, 0.4) is 0 Å². The monoisotopic (exact) mass is 289 g/mol. The van der Waals surface area contributed by atoms with Crippen LogP contribution < -0.4 is 10.1 Å². The first-order valence-corrected chi connectivity index (χ1v) is 7.16. The van der Waals surface area contributed by atoms with Gasteiger partial charge in [0.25, 0.3) is 0 Å². The minimum Gasteiger partial charge on any atom is -0.489 e. The minimum absolute atomic E-state index is 0.0789. The van der Waals surface area contributed by atoms with Gasteiger partial charge in [0.05, 0.1) is 6.54 Å². The van der Waals surface area contributed by atoms with Crippen molar-refractivity contribution >= 4 is 17.3 Å². The SMILES string of the molecule is Cc1cccc(O[C@@H](C)CNc2cccc(Cl)c2C)c1. The molecule has 1 N–H and O–H groups in total. The molecule has 0 bridgehead atoms. The highest BCUT2D eigenvalue weighted by molar-refractivity contribution is 6.31. The number of hydrogen-bond donors (Lipinski definition) is 1. The van der Waals surface area contributed by atoms with Crippen LogP contribution in [0.25, 0.3) is 0 Å². The molecule has 0 heterocycles. The van der Waals surface area contributed by atoms with Crippen molar-refractivity contribution in [2.45, 2.75) is 26.9 Å². The van der Waals surface area contributed by atoms with E-state index in [1.54, 1.807) is 0 Å². The van der Waals surface area contributed by atoms with Gasteiger partial charge in [0.15, 0.2) is 0 Å². The van der Waals surface area contributed by atoms with Crippen LogP contribution in [-0.2, 0) is 0 Å². The third-order valence-corrected chi connectivity index (χ3v) is 3.58. The quantitative estimate of drug-likeness (QED) is 0.851. The zero-order valence-corrected chi connectivity index (χ0v) is 12.9. The van der Waals surface area contributed by atoms with Crippen LogP contribution in [0.1, 0.15) is 18.1 Å². The maximum absolute atomic E-state index is 6.11. The van der Waals surface area contributed by atoms with Crippen LogP contribution in [0.2, 0.25) is 5.02 Å². The Bertz CT molecular complexity index is 583. The summed E-state index contributed by atoms with van der Waals surface area (Å²) in [6.07, 6.45) is 0.0789. The van der Waals surface area contributed by atoms with Gasteiger partial charge in [0.2, 0.25) is 0 Å². The van der Waals surface area contributed by atoms with Gasteiger partial charge in [-0.2, -0.15) is 0 Å². The smallest absolute Gasteiger partial charge is 0.120 e. The molecule has 0 aliphatic rings. The first kappa shape index (κ1) is 14.7. The summed E-state index contributed by atoms with van der Waals surface area (Å²) in [4.78, 5) is 0. The van der Waals surface area contributed by atoms with Crippen molar-refractivity contribution in [1.82, 2.24) is 0 Å². The molecule has 0 aromatic heterocycles. The number of hydrogen-bond acceptors (Lipinski definition) is 2. The van der Waals surface area contributed by atoms with E-state index in [0.717, 1.165) is 28.6 Å². The van der Waals surface area contributed by atoms with E-state index in [9.17, 15) is 0 Å². The Kier molecular flexibility index (Phi) is 4.91. The third-order valence-electron chi connectivity index (χ3n) is 3.17. The largest absolute Gasteiger partial charge is 0.489 e. The Morgan fingerprint density at radius 2 is 1.90 bits per heavy atom. The number of aryl methyl sites for hydroxylation is 1. The zero-order chi connectivity index (χ0) is 14.5. The van der Waals surface area contributed by atoms with Gasteiger partial charge in [-0.05, 0) is 56.2 Å². The second-order valence-electron chi connectivity index (χ2n) is 5.04. The Balaban J connectivity index is 1.92. The second-order valence-corrected chi connectivity index (χ2v) is 5.45. The van der Waals surface area contributed by atoms with E-state index in [2.05, 4.69) is 25.2 Å². The Hall–Kier alpha value is -1.67. The lowest BCUT2D eigenvalue weighted by Gasteiger charge is -2.17. The summed E-state index contributed by atoms with van der Waals surface area (Å²) >= 11 is 6.11. The number of nitrogens with one attached hydrogen (secondary N) is 1. The second kappa shape index (κ2) is 6.67. The zero-order valence-electron chi connectivity index (χ0n) is 12.1. The molecule has 0 unspecified atom stereocenters. The topological polar surface area (TPSA) is 21.3 Å². The molecular formula is C17H20ClNO. The molecule has 2 aromatic rings. The van der Waals surface area contributed by atoms with Gasteiger partial charge in [-0.15, -0.1) is 0 Å². The lowest BCUT2D eigenvalue weighted by molar-refractivity contribution is 0.234. The van der Waals surface area contributed by atoms with E-state index < -0.39 is 0 Å². The molecule has 0 aliphatic carbocycles. The molecule has 0 fully saturated rings. The number of benzene rings is 2. The average molecular weight is 290 g/mol. The fourth-order valence-electron chi connectivity index (χ4n) is 2.02. The summed E-state index contributed by atoms with van der Waals surface area (Å²) in [5, 5.41) is 4.16.